The average Bonchev–Trinajstić information content (AvgIpc) is 2.94. The van der Waals surface area contributed by atoms with Gasteiger partial charge in [0, 0.05) is 10.6 Å². The second kappa shape index (κ2) is 5.85. The molecule has 0 bridgehead atoms. The normalized spacial score (nSPS) is 12.6. The van der Waals surface area contributed by atoms with E-state index in [1.54, 1.807) is 36.4 Å². The standard InChI is InChI=1S/C15H11ClN2O3/c16-12-3-1-2-11(7-12)15(19)18-17-8-10-4-5-13-14(6-10)21-9-20-13/h1-8H,9H2,(H,18,19). The van der Waals surface area contributed by atoms with Gasteiger partial charge in [-0.3, -0.25) is 4.79 Å². The maximum Gasteiger partial charge on any atom is 0.271 e. The van der Waals surface area contributed by atoms with Crippen LogP contribution in [-0.2, 0) is 0 Å². The van der Waals surface area contributed by atoms with Crippen molar-refractivity contribution in [2.45, 2.75) is 0 Å². The molecule has 106 valence electrons. The molecule has 1 aliphatic rings. The molecule has 0 spiro atoms. The SMILES string of the molecule is O=C(NN=Cc1ccc2c(c1)OCO2)c1cccc(Cl)c1. The van der Waals surface area contributed by atoms with Gasteiger partial charge in [0.2, 0.25) is 6.79 Å². The van der Waals surface area contributed by atoms with Gasteiger partial charge >= 0.3 is 0 Å². The van der Waals surface area contributed by atoms with E-state index in [2.05, 4.69) is 10.5 Å². The van der Waals surface area contributed by atoms with Crippen LogP contribution >= 0.6 is 11.6 Å². The number of halogens is 1. The molecule has 0 aliphatic carbocycles. The Morgan fingerprint density at radius 1 is 1.19 bits per heavy atom. The van der Waals surface area contributed by atoms with Crippen molar-refractivity contribution in [3.05, 3.63) is 58.6 Å². The Bertz CT molecular complexity index is 716. The number of amides is 1. The van der Waals surface area contributed by atoms with E-state index in [0.29, 0.717) is 22.1 Å². The first-order chi connectivity index (χ1) is 10.2. The first-order valence-electron chi connectivity index (χ1n) is 6.21. The maximum atomic E-state index is 11.8. The van der Waals surface area contributed by atoms with Gasteiger partial charge in [-0.1, -0.05) is 17.7 Å². The number of benzene rings is 2. The fourth-order valence-electron chi connectivity index (χ4n) is 1.85. The Labute approximate surface area is 126 Å². The number of nitrogens with zero attached hydrogens (tertiary/aromatic N) is 1. The molecule has 1 N–H and O–H groups in total. The monoisotopic (exact) mass is 302 g/mol. The van der Waals surface area contributed by atoms with Crippen LogP contribution in [0.2, 0.25) is 5.02 Å². The van der Waals surface area contributed by atoms with Crippen molar-refractivity contribution in [3.63, 3.8) is 0 Å². The fraction of sp³-hybridized carbons (Fsp3) is 0.0667. The molecule has 21 heavy (non-hydrogen) atoms. The smallest absolute Gasteiger partial charge is 0.271 e. The molecule has 0 unspecified atom stereocenters. The molecular formula is C15H11ClN2O3. The summed E-state index contributed by atoms with van der Waals surface area (Å²) in [6.07, 6.45) is 1.53. The molecule has 1 amide bonds. The highest BCUT2D eigenvalue weighted by atomic mass is 35.5. The van der Waals surface area contributed by atoms with Crippen LogP contribution in [0, 0.1) is 0 Å². The highest BCUT2D eigenvalue weighted by molar-refractivity contribution is 6.30. The van der Waals surface area contributed by atoms with Crippen LogP contribution in [-0.4, -0.2) is 18.9 Å². The van der Waals surface area contributed by atoms with E-state index in [1.807, 2.05) is 6.07 Å². The van der Waals surface area contributed by atoms with Gasteiger partial charge in [0.05, 0.1) is 6.21 Å². The van der Waals surface area contributed by atoms with E-state index >= 15 is 0 Å². The van der Waals surface area contributed by atoms with Gasteiger partial charge in [-0.25, -0.2) is 5.43 Å². The molecule has 2 aromatic carbocycles. The van der Waals surface area contributed by atoms with Gasteiger partial charge in [-0.05, 0) is 42.0 Å². The number of nitrogens with one attached hydrogen (secondary N) is 1. The van der Waals surface area contributed by atoms with Crippen LogP contribution in [0.5, 0.6) is 11.5 Å². The number of ether oxygens (including phenoxy) is 2. The van der Waals surface area contributed by atoms with Crippen molar-refractivity contribution in [3.8, 4) is 11.5 Å². The molecule has 1 aliphatic heterocycles. The minimum absolute atomic E-state index is 0.224. The first kappa shape index (κ1) is 13.5. The number of hydrogen-bond acceptors (Lipinski definition) is 4. The minimum atomic E-state index is -0.325. The Morgan fingerprint density at radius 3 is 2.90 bits per heavy atom. The van der Waals surface area contributed by atoms with E-state index in [9.17, 15) is 4.79 Å². The van der Waals surface area contributed by atoms with E-state index in [4.69, 9.17) is 21.1 Å². The molecule has 5 nitrogen and oxygen atoms in total. The van der Waals surface area contributed by atoms with Gasteiger partial charge in [0.25, 0.3) is 5.91 Å². The van der Waals surface area contributed by atoms with Gasteiger partial charge in [-0.2, -0.15) is 5.10 Å². The molecule has 1 heterocycles. The fourth-order valence-corrected chi connectivity index (χ4v) is 2.04. The predicted molar refractivity (Wildman–Crippen MR) is 79.1 cm³/mol. The first-order valence-corrected chi connectivity index (χ1v) is 6.59. The summed E-state index contributed by atoms with van der Waals surface area (Å²) in [5.41, 5.74) is 3.69. The summed E-state index contributed by atoms with van der Waals surface area (Å²) in [4.78, 5) is 11.8. The topological polar surface area (TPSA) is 59.9 Å². The van der Waals surface area contributed by atoms with Gasteiger partial charge < -0.3 is 9.47 Å². The third-order valence-corrected chi connectivity index (χ3v) is 3.10. The van der Waals surface area contributed by atoms with Crippen molar-refractivity contribution in [2.75, 3.05) is 6.79 Å². The Hall–Kier alpha value is -2.53. The number of carbonyl (C=O) groups excluding carboxylic acids is 1. The van der Waals surface area contributed by atoms with E-state index < -0.39 is 0 Å². The van der Waals surface area contributed by atoms with Crippen LogP contribution in [0.4, 0.5) is 0 Å². The highest BCUT2D eigenvalue weighted by Crippen LogP contribution is 2.31. The average molecular weight is 303 g/mol. The van der Waals surface area contributed by atoms with Crippen LogP contribution in [0.3, 0.4) is 0 Å². The van der Waals surface area contributed by atoms with Gasteiger partial charge in [0.1, 0.15) is 0 Å². The van der Waals surface area contributed by atoms with Crippen LogP contribution < -0.4 is 14.9 Å². The Morgan fingerprint density at radius 2 is 2.05 bits per heavy atom. The molecule has 0 radical (unpaired) electrons. The number of hydrazone groups is 1. The Balaban J connectivity index is 1.65. The third kappa shape index (κ3) is 3.14. The lowest BCUT2D eigenvalue weighted by atomic mass is 10.2. The molecule has 3 rings (SSSR count). The van der Waals surface area contributed by atoms with Gasteiger partial charge in [-0.15, -0.1) is 0 Å². The zero-order valence-electron chi connectivity index (χ0n) is 10.9. The number of fused-ring (bicyclic) bond motifs is 1. The predicted octanol–water partition coefficient (Wildman–Crippen LogP) is 2.83. The van der Waals surface area contributed by atoms with Crippen LogP contribution in [0.15, 0.2) is 47.6 Å². The summed E-state index contributed by atoms with van der Waals surface area (Å²) in [5.74, 6) is 1.05. The third-order valence-electron chi connectivity index (χ3n) is 2.86. The zero-order chi connectivity index (χ0) is 14.7. The minimum Gasteiger partial charge on any atom is -0.454 e. The number of rotatable bonds is 3. The highest BCUT2D eigenvalue weighted by Gasteiger charge is 2.12. The molecule has 0 fully saturated rings. The molecule has 2 aromatic rings. The van der Waals surface area contributed by atoms with E-state index in [-0.39, 0.29) is 12.7 Å². The lowest BCUT2D eigenvalue weighted by molar-refractivity contribution is 0.0955. The summed E-state index contributed by atoms with van der Waals surface area (Å²) >= 11 is 5.83. The summed E-state index contributed by atoms with van der Waals surface area (Å²) in [7, 11) is 0. The summed E-state index contributed by atoms with van der Waals surface area (Å²) < 4.78 is 10.5. The largest absolute Gasteiger partial charge is 0.454 e. The molecule has 0 atom stereocenters. The summed E-state index contributed by atoms with van der Waals surface area (Å²) in [5, 5.41) is 4.41. The van der Waals surface area contributed by atoms with E-state index in [1.165, 1.54) is 6.21 Å². The molecule has 0 saturated heterocycles. The van der Waals surface area contributed by atoms with Crippen LogP contribution in [0.1, 0.15) is 15.9 Å². The molecule has 0 aromatic heterocycles. The molecule has 0 saturated carbocycles. The zero-order valence-corrected chi connectivity index (χ0v) is 11.6. The van der Waals surface area contributed by atoms with Crippen molar-refractivity contribution >= 4 is 23.7 Å². The van der Waals surface area contributed by atoms with Crippen LogP contribution in [0.25, 0.3) is 0 Å². The lowest BCUT2D eigenvalue weighted by Gasteiger charge is -2.00. The lowest BCUT2D eigenvalue weighted by Crippen LogP contribution is -2.17. The maximum absolute atomic E-state index is 11.8. The number of carbonyl (C=O) groups is 1. The number of hydrogen-bond donors (Lipinski definition) is 1. The van der Waals surface area contributed by atoms with E-state index in [0.717, 1.165) is 5.56 Å². The van der Waals surface area contributed by atoms with Crippen molar-refractivity contribution < 1.29 is 14.3 Å². The molecular weight excluding hydrogens is 292 g/mol. The Kier molecular flexibility index (Phi) is 3.75. The quantitative estimate of drug-likeness (QED) is 0.700. The van der Waals surface area contributed by atoms with Crippen molar-refractivity contribution in [1.82, 2.24) is 5.43 Å². The van der Waals surface area contributed by atoms with Crippen molar-refractivity contribution in [1.29, 1.82) is 0 Å². The second-order valence-corrected chi connectivity index (χ2v) is 4.76. The summed E-state index contributed by atoms with van der Waals surface area (Å²) in [6, 6.07) is 12.1. The second-order valence-electron chi connectivity index (χ2n) is 4.32. The van der Waals surface area contributed by atoms with Gasteiger partial charge in [0.15, 0.2) is 11.5 Å². The summed E-state index contributed by atoms with van der Waals surface area (Å²) in [6.45, 7) is 0.224. The van der Waals surface area contributed by atoms with Crippen molar-refractivity contribution in [2.24, 2.45) is 5.10 Å². The molecule has 6 heteroatoms.